The summed E-state index contributed by atoms with van der Waals surface area (Å²) in [6.45, 7) is 9.46. The molecule has 2 nitrogen and oxygen atoms in total. The van der Waals surface area contributed by atoms with E-state index in [0.29, 0.717) is 6.04 Å². The zero-order chi connectivity index (χ0) is 12.6. The van der Waals surface area contributed by atoms with E-state index in [1.54, 1.807) is 0 Å². The van der Waals surface area contributed by atoms with Crippen molar-refractivity contribution >= 4 is 8.41 Å². The maximum atomic E-state index is 10.4. The molecule has 1 N–H and O–H groups in total. The van der Waals surface area contributed by atoms with E-state index in [-0.39, 0.29) is 26.0 Å². The van der Waals surface area contributed by atoms with Crippen molar-refractivity contribution in [2.75, 3.05) is 6.54 Å². The Labute approximate surface area is 113 Å². The van der Waals surface area contributed by atoms with Crippen molar-refractivity contribution in [2.45, 2.75) is 45.9 Å². The molecule has 0 bridgehead atoms. The molecule has 2 unspecified atom stereocenters. The van der Waals surface area contributed by atoms with E-state index < -0.39 is 0 Å². The second kappa shape index (κ2) is 5.46. The molecule has 4 atom stereocenters. The number of rotatable bonds is 3. The molecule has 0 aromatic heterocycles. The van der Waals surface area contributed by atoms with Gasteiger partial charge in [-0.25, -0.2) is 0 Å². The average molecular weight is 244 g/mol. The molecule has 1 aliphatic heterocycles. The molecule has 1 aliphatic rings. The van der Waals surface area contributed by atoms with Crippen LogP contribution in [0.4, 0.5) is 0 Å². The highest BCUT2D eigenvalue weighted by Gasteiger charge is 2.53. The quantitative estimate of drug-likeness (QED) is 0.652. The first-order chi connectivity index (χ1) is 7.96. The first-order valence-corrected chi connectivity index (χ1v) is 6.45. The van der Waals surface area contributed by atoms with Gasteiger partial charge in [-0.1, -0.05) is 58.0 Å². The summed E-state index contributed by atoms with van der Waals surface area (Å²) < 4.78 is 0. The number of hydrogen-bond acceptors (Lipinski definition) is 2. The van der Waals surface area contributed by atoms with Gasteiger partial charge in [0.15, 0.2) is 0 Å². The molecule has 1 fully saturated rings. The molecule has 3 radical (unpaired) electrons. The summed E-state index contributed by atoms with van der Waals surface area (Å²) >= 11 is 0. The average Bonchev–Trinajstić information content (AvgIpc) is 3.02. The third kappa shape index (κ3) is 2.78. The number of aliphatic hydroxyl groups is 1. The third-order valence-corrected chi connectivity index (χ3v) is 3.69. The third-order valence-electron chi connectivity index (χ3n) is 3.69. The van der Waals surface area contributed by atoms with Gasteiger partial charge < -0.3 is 5.11 Å². The summed E-state index contributed by atoms with van der Waals surface area (Å²) in [5.41, 5.74) is 1.27. The van der Waals surface area contributed by atoms with Gasteiger partial charge in [-0.3, -0.25) is 4.90 Å². The van der Waals surface area contributed by atoms with Crippen molar-refractivity contribution in [3.8, 4) is 0 Å². The molecule has 18 heavy (non-hydrogen) atoms. The van der Waals surface area contributed by atoms with E-state index in [1.165, 1.54) is 5.56 Å². The molecule has 0 amide bonds. The van der Waals surface area contributed by atoms with E-state index in [1.807, 2.05) is 6.07 Å². The van der Waals surface area contributed by atoms with Gasteiger partial charge in [-0.05, 0) is 17.5 Å². The normalized spacial score (nSPS) is 28.4. The van der Waals surface area contributed by atoms with E-state index in [2.05, 4.69) is 56.9 Å². The molecule has 1 aromatic carbocycles. The summed E-state index contributed by atoms with van der Waals surface area (Å²) in [6, 6.07) is 11.2. The largest absolute Gasteiger partial charge is 0.391 e. The van der Waals surface area contributed by atoms with Crippen LogP contribution in [0, 0.1) is 5.41 Å². The molecule has 2 rings (SSSR count). The Morgan fingerprint density at radius 2 is 1.78 bits per heavy atom. The van der Waals surface area contributed by atoms with Crippen LogP contribution in [0.25, 0.3) is 0 Å². The van der Waals surface area contributed by atoms with Crippen molar-refractivity contribution in [3.63, 3.8) is 0 Å². The summed E-state index contributed by atoms with van der Waals surface area (Å²) in [6.07, 6.45) is -0.271. The van der Waals surface area contributed by atoms with Crippen LogP contribution in [0.3, 0.4) is 0 Å². The predicted octanol–water partition coefficient (Wildman–Crippen LogP) is 2.46. The Kier molecular flexibility index (Phi) is 4.63. The van der Waals surface area contributed by atoms with E-state index in [0.717, 1.165) is 6.54 Å². The van der Waals surface area contributed by atoms with Crippen LogP contribution in [-0.4, -0.2) is 37.1 Å². The van der Waals surface area contributed by atoms with Gasteiger partial charge >= 0.3 is 0 Å². The molecule has 1 saturated heterocycles. The van der Waals surface area contributed by atoms with Crippen LogP contribution in [0.2, 0.25) is 0 Å². The smallest absolute Gasteiger partial charge is 0.0762 e. The highest BCUT2D eigenvalue weighted by Crippen LogP contribution is 2.47. The van der Waals surface area contributed by atoms with Crippen molar-refractivity contribution in [2.24, 2.45) is 5.41 Å². The molecule has 1 heterocycles. The van der Waals surface area contributed by atoms with Gasteiger partial charge in [-0.2, -0.15) is 0 Å². The van der Waals surface area contributed by atoms with Crippen molar-refractivity contribution in [1.29, 1.82) is 0 Å². The Bertz CT molecular complexity index is 374. The molecular formula is C15H23BNO. The second-order valence-corrected chi connectivity index (χ2v) is 5.99. The van der Waals surface area contributed by atoms with E-state index in [4.69, 9.17) is 0 Å². The molecular weight excluding hydrogens is 221 g/mol. The molecule has 0 saturated carbocycles. The first kappa shape index (κ1) is 15.3. The lowest BCUT2D eigenvalue weighted by Gasteiger charge is -2.25. The van der Waals surface area contributed by atoms with Gasteiger partial charge in [0.2, 0.25) is 0 Å². The standard InChI is InChI=1S/C15H23NO.B/c1-5-16-12(11-9-7-6-8-10-11)13(16)14(17)15(2,3)4;/h6-10,12-14,17H,5H2,1-4H3;/t12-,13-,14?,16?;/m0./s1. The fraction of sp³-hybridized carbons (Fsp3) is 0.600. The number of hydrogen-bond donors (Lipinski definition) is 1. The summed E-state index contributed by atoms with van der Waals surface area (Å²) in [5, 5.41) is 10.4. The minimum atomic E-state index is -0.271. The SMILES string of the molecule is CCN1[C@H](C(O)C(C)(C)C)[C@@H]1c1ccccc1.[B]. The highest BCUT2D eigenvalue weighted by molar-refractivity contribution is 5.75. The Hall–Kier alpha value is -0.795. The monoisotopic (exact) mass is 244 g/mol. The molecule has 1 aromatic rings. The van der Waals surface area contributed by atoms with Crippen LogP contribution < -0.4 is 0 Å². The van der Waals surface area contributed by atoms with Crippen molar-refractivity contribution in [3.05, 3.63) is 35.9 Å². The number of nitrogens with zero attached hydrogens (tertiary/aromatic N) is 1. The Morgan fingerprint density at radius 1 is 1.22 bits per heavy atom. The van der Waals surface area contributed by atoms with Crippen LogP contribution >= 0.6 is 0 Å². The Morgan fingerprint density at radius 3 is 2.22 bits per heavy atom. The number of benzene rings is 1. The van der Waals surface area contributed by atoms with Gasteiger partial charge in [0.1, 0.15) is 0 Å². The fourth-order valence-corrected chi connectivity index (χ4v) is 2.61. The summed E-state index contributed by atoms with van der Waals surface area (Å²) in [7, 11) is 0. The molecule has 0 aliphatic carbocycles. The number of aliphatic hydroxyl groups excluding tert-OH is 1. The fourth-order valence-electron chi connectivity index (χ4n) is 2.61. The maximum absolute atomic E-state index is 10.4. The molecule has 0 spiro atoms. The molecule has 3 heteroatoms. The van der Waals surface area contributed by atoms with Crippen LogP contribution in [0.15, 0.2) is 30.3 Å². The van der Waals surface area contributed by atoms with Crippen molar-refractivity contribution < 1.29 is 5.11 Å². The maximum Gasteiger partial charge on any atom is 0.0762 e. The van der Waals surface area contributed by atoms with Gasteiger partial charge in [0.05, 0.1) is 18.2 Å². The lowest BCUT2D eigenvalue weighted by molar-refractivity contribution is 0.0506. The predicted molar refractivity (Wildman–Crippen MR) is 76.6 cm³/mol. The lowest BCUT2D eigenvalue weighted by Crippen LogP contribution is -2.33. The minimum absolute atomic E-state index is 0. The molecule has 97 valence electrons. The van der Waals surface area contributed by atoms with E-state index >= 15 is 0 Å². The van der Waals surface area contributed by atoms with Gasteiger partial charge in [0, 0.05) is 8.41 Å². The van der Waals surface area contributed by atoms with Gasteiger partial charge in [-0.15, -0.1) is 0 Å². The Balaban J connectivity index is 0.00000162. The second-order valence-electron chi connectivity index (χ2n) is 5.99. The zero-order valence-corrected chi connectivity index (χ0v) is 11.8. The van der Waals surface area contributed by atoms with Crippen LogP contribution in [0.5, 0.6) is 0 Å². The lowest BCUT2D eigenvalue weighted by atomic mass is 9.85. The van der Waals surface area contributed by atoms with Crippen LogP contribution in [-0.2, 0) is 0 Å². The van der Waals surface area contributed by atoms with E-state index in [9.17, 15) is 5.11 Å². The minimum Gasteiger partial charge on any atom is -0.391 e. The van der Waals surface area contributed by atoms with Crippen LogP contribution in [0.1, 0.15) is 39.3 Å². The van der Waals surface area contributed by atoms with Crippen molar-refractivity contribution in [1.82, 2.24) is 4.90 Å². The first-order valence-electron chi connectivity index (χ1n) is 6.45. The topological polar surface area (TPSA) is 23.2 Å². The number of likely N-dealkylation sites (N-methyl/N-ethyl adjacent to an activating group) is 1. The zero-order valence-electron chi connectivity index (χ0n) is 11.8. The van der Waals surface area contributed by atoms with Gasteiger partial charge in [0.25, 0.3) is 0 Å². The summed E-state index contributed by atoms with van der Waals surface area (Å²) in [5.74, 6) is 0. The summed E-state index contributed by atoms with van der Waals surface area (Å²) in [4.78, 5) is 2.37. The highest BCUT2D eigenvalue weighted by atomic mass is 16.3.